The summed E-state index contributed by atoms with van der Waals surface area (Å²) in [5.41, 5.74) is 1.25. The van der Waals surface area contributed by atoms with Gasteiger partial charge in [-0.3, -0.25) is 0 Å². The first-order valence-corrected chi connectivity index (χ1v) is 6.00. The average molecular weight is 304 g/mol. The van der Waals surface area contributed by atoms with E-state index in [1.165, 1.54) is 0 Å². The SMILES string of the molecule is COc1ccc(Nc2cccc(C#N)n2)cc1Br. The Morgan fingerprint density at radius 1 is 1.33 bits per heavy atom. The van der Waals surface area contributed by atoms with Crippen LogP contribution in [0.1, 0.15) is 5.69 Å². The molecule has 1 aromatic heterocycles. The van der Waals surface area contributed by atoms with Crippen molar-refractivity contribution in [1.29, 1.82) is 5.26 Å². The van der Waals surface area contributed by atoms with Crippen LogP contribution in [-0.2, 0) is 0 Å². The summed E-state index contributed by atoms with van der Waals surface area (Å²) in [5, 5.41) is 11.9. The van der Waals surface area contributed by atoms with Crippen molar-refractivity contribution in [2.75, 3.05) is 12.4 Å². The lowest BCUT2D eigenvalue weighted by Crippen LogP contribution is -1.95. The van der Waals surface area contributed by atoms with Crippen molar-refractivity contribution in [3.63, 3.8) is 0 Å². The molecule has 1 heterocycles. The van der Waals surface area contributed by atoms with E-state index >= 15 is 0 Å². The van der Waals surface area contributed by atoms with E-state index in [9.17, 15) is 0 Å². The van der Waals surface area contributed by atoms with Crippen molar-refractivity contribution >= 4 is 27.4 Å². The molecule has 0 spiro atoms. The highest BCUT2D eigenvalue weighted by atomic mass is 79.9. The number of nitriles is 1. The van der Waals surface area contributed by atoms with Crippen LogP contribution in [0.15, 0.2) is 40.9 Å². The highest BCUT2D eigenvalue weighted by Crippen LogP contribution is 2.28. The van der Waals surface area contributed by atoms with Crippen LogP contribution in [0.5, 0.6) is 5.75 Å². The molecule has 0 aliphatic carbocycles. The highest BCUT2D eigenvalue weighted by molar-refractivity contribution is 9.10. The molecule has 0 amide bonds. The second-order valence-electron chi connectivity index (χ2n) is 3.49. The molecule has 2 rings (SSSR count). The minimum absolute atomic E-state index is 0.382. The van der Waals surface area contributed by atoms with E-state index < -0.39 is 0 Å². The molecule has 1 aromatic carbocycles. The predicted octanol–water partition coefficient (Wildman–Crippen LogP) is 3.47. The normalized spacial score (nSPS) is 9.61. The first-order chi connectivity index (χ1) is 8.72. The fourth-order valence-electron chi connectivity index (χ4n) is 1.46. The second-order valence-corrected chi connectivity index (χ2v) is 4.35. The van der Waals surface area contributed by atoms with Crippen molar-refractivity contribution in [2.24, 2.45) is 0 Å². The van der Waals surface area contributed by atoms with Gasteiger partial charge in [-0.2, -0.15) is 5.26 Å². The minimum Gasteiger partial charge on any atom is -0.496 e. The largest absolute Gasteiger partial charge is 0.496 e. The van der Waals surface area contributed by atoms with Crippen LogP contribution in [0, 0.1) is 11.3 Å². The van der Waals surface area contributed by atoms with E-state index in [0.717, 1.165) is 15.9 Å². The minimum atomic E-state index is 0.382. The number of nitrogens with one attached hydrogen (secondary N) is 1. The van der Waals surface area contributed by atoms with Crippen LogP contribution in [0.4, 0.5) is 11.5 Å². The van der Waals surface area contributed by atoms with E-state index in [2.05, 4.69) is 26.2 Å². The number of hydrogen-bond donors (Lipinski definition) is 1. The molecule has 4 nitrogen and oxygen atoms in total. The monoisotopic (exact) mass is 303 g/mol. The molecule has 0 aliphatic rings. The average Bonchev–Trinajstić information content (AvgIpc) is 2.39. The summed E-state index contributed by atoms with van der Waals surface area (Å²) in [6, 6.07) is 12.9. The van der Waals surface area contributed by atoms with Crippen LogP contribution in [0.3, 0.4) is 0 Å². The van der Waals surface area contributed by atoms with E-state index in [1.54, 1.807) is 25.3 Å². The quantitative estimate of drug-likeness (QED) is 0.943. The van der Waals surface area contributed by atoms with E-state index in [0.29, 0.717) is 11.5 Å². The smallest absolute Gasteiger partial charge is 0.142 e. The Kier molecular flexibility index (Phi) is 3.80. The molecule has 90 valence electrons. The Morgan fingerprint density at radius 2 is 2.17 bits per heavy atom. The standard InChI is InChI=1S/C13H10BrN3O/c1-18-12-6-5-9(7-11(12)14)16-13-4-2-3-10(8-15)17-13/h2-7H,1H3,(H,16,17). The molecule has 0 saturated carbocycles. The van der Waals surface area contributed by atoms with Crippen molar-refractivity contribution in [3.05, 3.63) is 46.6 Å². The molecule has 18 heavy (non-hydrogen) atoms. The van der Waals surface area contributed by atoms with Gasteiger partial charge in [-0.15, -0.1) is 0 Å². The number of aromatic nitrogens is 1. The molecule has 0 radical (unpaired) electrons. The fourth-order valence-corrected chi connectivity index (χ4v) is 2.00. The third-order valence-electron chi connectivity index (χ3n) is 2.29. The van der Waals surface area contributed by atoms with Gasteiger partial charge in [-0.1, -0.05) is 6.07 Å². The lowest BCUT2D eigenvalue weighted by atomic mass is 10.3. The zero-order valence-corrected chi connectivity index (χ0v) is 11.2. The Hall–Kier alpha value is -2.06. The van der Waals surface area contributed by atoms with Gasteiger partial charge in [0.15, 0.2) is 0 Å². The summed E-state index contributed by atoms with van der Waals surface area (Å²) in [4.78, 5) is 4.14. The molecule has 0 atom stereocenters. The summed E-state index contributed by atoms with van der Waals surface area (Å²) in [5.74, 6) is 1.39. The number of halogens is 1. The van der Waals surface area contributed by atoms with Crippen molar-refractivity contribution < 1.29 is 4.74 Å². The second kappa shape index (κ2) is 5.52. The Labute approximate surface area is 113 Å². The number of methoxy groups -OCH3 is 1. The summed E-state index contributed by atoms with van der Waals surface area (Å²) in [6.45, 7) is 0. The lowest BCUT2D eigenvalue weighted by molar-refractivity contribution is 0.412. The van der Waals surface area contributed by atoms with E-state index in [4.69, 9.17) is 10.00 Å². The fraction of sp³-hybridized carbons (Fsp3) is 0.0769. The number of hydrogen-bond acceptors (Lipinski definition) is 4. The van der Waals surface area contributed by atoms with Crippen molar-refractivity contribution in [1.82, 2.24) is 4.98 Å². The zero-order valence-electron chi connectivity index (χ0n) is 9.64. The maximum Gasteiger partial charge on any atom is 0.142 e. The molecular weight excluding hydrogens is 294 g/mol. The predicted molar refractivity (Wildman–Crippen MR) is 72.9 cm³/mol. The summed E-state index contributed by atoms with van der Waals surface area (Å²) in [6.07, 6.45) is 0. The van der Waals surface area contributed by atoms with Crippen LogP contribution >= 0.6 is 15.9 Å². The Morgan fingerprint density at radius 3 is 2.83 bits per heavy atom. The van der Waals surface area contributed by atoms with Gasteiger partial charge in [0, 0.05) is 5.69 Å². The number of benzene rings is 1. The molecule has 0 aliphatic heterocycles. The molecule has 0 unspecified atom stereocenters. The van der Waals surface area contributed by atoms with E-state index in [-0.39, 0.29) is 0 Å². The molecule has 0 saturated heterocycles. The van der Waals surface area contributed by atoms with Crippen LogP contribution in [0.25, 0.3) is 0 Å². The molecular formula is C13H10BrN3O. The number of rotatable bonds is 3. The summed E-state index contributed by atoms with van der Waals surface area (Å²) >= 11 is 3.41. The van der Waals surface area contributed by atoms with Gasteiger partial charge in [0.1, 0.15) is 23.3 Å². The Balaban J connectivity index is 2.23. The molecule has 2 aromatic rings. The van der Waals surface area contributed by atoms with Gasteiger partial charge in [0.2, 0.25) is 0 Å². The number of anilines is 2. The third kappa shape index (κ3) is 2.79. The third-order valence-corrected chi connectivity index (χ3v) is 2.91. The van der Waals surface area contributed by atoms with Gasteiger partial charge in [0.05, 0.1) is 11.6 Å². The first kappa shape index (κ1) is 12.4. The van der Waals surface area contributed by atoms with Gasteiger partial charge in [-0.25, -0.2) is 4.98 Å². The van der Waals surface area contributed by atoms with Gasteiger partial charge in [-0.05, 0) is 46.3 Å². The van der Waals surface area contributed by atoms with Gasteiger partial charge < -0.3 is 10.1 Å². The molecule has 0 fully saturated rings. The maximum atomic E-state index is 8.78. The molecule has 1 N–H and O–H groups in total. The first-order valence-electron chi connectivity index (χ1n) is 5.20. The Bertz CT molecular complexity index is 607. The highest BCUT2D eigenvalue weighted by Gasteiger charge is 2.02. The summed E-state index contributed by atoms with van der Waals surface area (Å²) < 4.78 is 6.01. The molecule has 0 bridgehead atoms. The lowest BCUT2D eigenvalue weighted by Gasteiger charge is -2.08. The topological polar surface area (TPSA) is 57.9 Å². The van der Waals surface area contributed by atoms with Crippen LogP contribution < -0.4 is 10.1 Å². The van der Waals surface area contributed by atoms with Crippen LogP contribution in [-0.4, -0.2) is 12.1 Å². The number of nitrogens with zero attached hydrogens (tertiary/aromatic N) is 2. The van der Waals surface area contributed by atoms with Gasteiger partial charge in [0.25, 0.3) is 0 Å². The molecule has 5 heteroatoms. The van der Waals surface area contributed by atoms with Crippen molar-refractivity contribution in [2.45, 2.75) is 0 Å². The van der Waals surface area contributed by atoms with Crippen LogP contribution in [0.2, 0.25) is 0 Å². The van der Waals surface area contributed by atoms with Gasteiger partial charge >= 0.3 is 0 Å². The number of ether oxygens (including phenoxy) is 1. The van der Waals surface area contributed by atoms with Crippen molar-refractivity contribution in [3.8, 4) is 11.8 Å². The summed E-state index contributed by atoms with van der Waals surface area (Å²) in [7, 11) is 1.62. The van der Waals surface area contributed by atoms with E-state index in [1.807, 2.05) is 24.3 Å². The zero-order chi connectivity index (χ0) is 13.0. The number of pyridine rings is 1. The maximum absolute atomic E-state index is 8.78.